The van der Waals surface area contributed by atoms with Gasteiger partial charge in [0.05, 0.1) is 17.6 Å². The molecule has 2 rings (SSSR count). The maximum absolute atomic E-state index is 5.75. The zero-order chi connectivity index (χ0) is 12.3. The number of hydrogen-bond acceptors (Lipinski definition) is 5. The van der Waals surface area contributed by atoms with Crippen LogP contribution in [0.2, 0.25) is 0 Å². The molecule has 0 saturated heterocycles. The average Bonchev–Trinajstić information content (AvgIpc) is 2.28. The minimum absolute atomic E-state index is 0.359. The first-order valence-electron chi connectivity index (χ1n) is 5.21. The van der Waals surface area contributed by atoms with E-state index in [0.717, 1.165) is 11.4 Å². The van der Waals surface area contributed by atoms with Crippen molar-refractivity contribution in [3.63, 3.8) is 0 Å². The molecule has 0 unspecified atom stereocenters. The monoisotopic (exact) mass is 230 g/mol. The number of nitrogens with two attached hydrogens (primary N) is 2. The van der Waals surface area contributed by atoms with Gasteiger partial charge in [0.25, 0.3) is 0 Å². The lowest BCUT2D eigenvalue weighted by atomic mass is 10.3. The lowest BCUT2D eigenvalue weighted by molar-refractivity contribution is 0.301. The molecule has 0 amide bonds. The minimum atomic E-state index is 0.359. The second-order valence-electron chi connectivity index (χ2n) is 3.71. The van der Waals surface area contributed by atoms with Crippen molar-refractivity contribution in [1.29, 1.82) is 0 Å². The summed E-state index contributed by atoms with van der Waals surface area (Å²) in [7, 11) is 0. The molecule has 0 bridgehead atoms. The SMILES string of the molecule is Cc1cccc(COc2cnc(N)cc2N)n1. The Morgan fingerprint density at radius 2 is 2.12 bits per heavy atom. The van der Waals surface area contributed by atoms with Crippen molar-refractivity contribution in [2.75, 3.05) is 11.5 Å². The number of nitrogen functional groups attached to an aromatic ring is 2. The Labute approximate surface area is 99.5 Å². The maximum atomic E-state index is 5.75. The van der Waals surface area contributed by atoms with Crippen molar-refractivity contribution in [1.82, 2.24) is 9.97 Å². The third-order valence-corrected chi connectivity index (χ3v) is 2.24. The van der Waals surface area contributed by atoms with Crippen LogP contribution < -0.4 is 16.2 Å². The number of aryl methyl sites for hydroxylation is 1. The van der Waals surface area contributed by atoms with Crippen molar-refractivity contribution < 1.29 is 4.74 Å². The normalized spacial score (nSPS) is 10.2. The predicted molar refractivity (Wildman–Crippen MR) is 66.4 cm³/mol. The highest BCUT2D eigenvalue weighted by Crippen LogP contribution is 2.22. The van der Waals surface area contributed by atoms with Crippen LogP contribution in [0.1, 0.15) is 11.4 Å². The van der Waals surface area contributed by atoms with Crippen LogP contribution in [0.5, 0.6) is 5.75 Å². The average molecular weight is 230 g/mol. The second-order valence-corrected chi connectivity index (χ2v) is 3.71. The van der Waals surface area contributed by atoms with E-state index in [1.165, 1.54) is 6.20 Å². The van der Waals surface area contributed by atoms with Gasteiger partial charge in [0.2, 0.25) is 0 Å². The Kier molecular flexibility index (Phi) is 3.09. The van der Waals surface area contributed by atoms with E-state index in [1.807, 2.05) is 25.1 Å². The molecule has 0 spiro atoms. The van der Waals surface area contributed by atoms with Gasteiger partial charge in [-0.1, -0.05) is 6.07 Å². The summed E-state index contributed by atoms with van der Waals surface area (Å²) in [6, 6.07) is 7.33. The highest BCUT2D eigenvalue weighted by Gasteiger charge is 2.03. The van der Waals surface area contributed by atoms with Crippen molar-refractivity contribution in [2.45, 2.75) is 13.5 Å². The van der Waals surface area contributed by atoms with Crippen LogP contribution >= 0.6 is 0 Å². The summed E-state index contributed by atoms with van der Waals surface area (Å²) < 4.78 is 5.53. The largest absolute Gasteiger partial charge is 0.484 e. The van der Waals surface area contributed by atoms with Gasteiger partial charge < -0.3 is 16.2 Å². The number of anilines is 2. The molecule has 0 aromatic carbocycles. The lowest BCUT2D eigenvalue weighted by Gasteiger charge is -2.08. The molecule has 0 saturated carbocycles. The molecule has 17 heavy (non-hydrogen) atoms. The highest BCUT2D eigenvalue weighted by atomic mass is 16.5. The van der Waals surface area contributed by atoms with E-state index in [4.69, 9.17) is 16.2 Å². The van der Waals surface area contributed by atoms with Crippen LogP contribution in [0.3, 0.4) is 0 Å². The molecule has 2 aromatic heterocycles. The molecule has 0 aliphatic carbocycles. The van der Waals surface area contributed by atoms with Crippen LogP contribution in [0, 0.1) is 6.92 Å². The zero-order valence-electron chi connectivity index (χ0n) is 9.55. The fourth-order valence-electron chi connectivity index (χ4n) is 1.43. The Morgan fingerprint density at radius 1 is 1.29 bits per heavy atom. The van der Waals surface area contributed by atoms with E-state index < -0.39 is 0 Å². The number of ether oxygens (including phenoxy) is 1. The molecule has 2 heterocycles. The van der Waals surface area contributed by atoms with E-state index in [0.29, 0.717) is 23.9 Å². The molecule has 0 aliphatic heterocycles. The number of hydrogen-bond donors (Lipinski definition) is 2. The summed E-state index contributed by atoms with van der Waals surface area (Å²) in [5.74, 6) is 0.894. The quantitative estimate of drug-likeness (QED) is 0.834. The Bertz CT molecular complexity index is 528. The molecule has 5 nitrogen and oxygen atoms in total. The first-order valence-corrected chi connectivity index (χ1v) is 5.21. The fourth-order valence-corrected chi connectivity index (χ4v) is 1.43. The fraction of sp³-hybridized carbons (Fsp3) is 0.167. The van der Waals surface area contributed by atoms with E-state index in [9.17, 15) is 0 Å². The van der Waals surface area contributed by atoms with E-state index in [-0.39, 0.29) is 0 Å². The van der Waals surface area contributed by atoms with Crippen molar-refractivity contribution in [3.8, 4) is 5.75 Å². The summed E-state index contributed by atoms with van der Waals surface area (Å²) in [5, 5.41) is 0. The van der Waals surface area contributed by atoms with Crippen LogP contribution in [-0.4, -0.2) is 9.97 Å². The summed E-state index contributed by atoms with van der Waals surface area (Å²) in [6.07, 6.45) is 1.51. The van der Waals surface area contributed by atoms with Gasteiger partial charge in [-0.2, -0.15) is 0 Å². The van der Waals surface area contributed by atoms with Gasteiger partial charge in [-0.25, -0.2) is 4.98 Å². The first-order chi connectivity index (χ1) is 8.15. The Balaban J connectivity index is 2.07. The second kappa shape index (κ2) is 4.69. The molecule has 0 atom stereocenters. The van der Waals surface area contributed by atoms with Crippen LogP contribution in [0.25, 0.3) is 0 Å². The predicted octanol–water partition coefficient (Wildman–Crippen LogP) is 1.53. The maximum Gasteiger partial charge on any atom is 0.161 e. The Hall–Kier alpha value is -2.30. The number of nitrogens with zero attached hydrogens (tertiary/aromatic N) is 2. The Morgan fingerprint density at radius 3 is 2.82 bits per heavy atom. The number of aromatic nitrogens is 2. The lowest BCUT2D eigenvalue weighted by Crippen LogP contribution is -2.02. The molecular weight excluding hydrogens is 216 g/mol. The van der Waals surface area contributed by atoms with Crippen LogP contribution in [0.15, 0.2) is 30.5 Å². The first kappa shape index (κ1) is 11.2. The minimum Gasteiger partial charge on any atom is -0.484 e. The summed E-state index contributed by atoms with van der Waals surface area (Å²) in [5.41, 5.74) is 13.5. The van der Waals surface area contributed by atoms with Gasteiger partial charge in [-0.15, -0.1) is 0 Å². The van der Waals surface area contributed by atoms with Gasteiger partial charge in [-0.05, 0) is 19.1 Å². The molecule has 5 heteroatoms. The van der Waals surface area contributed by atoms with Crippen molar-refractivity contribution in [2.24, 2.45) is 0 Å². The summed E-state index contributed by atoms with van der Waals surface area (Å²) in [6.45, 7) is 2.29. The molecular formula is C12H14N4O. The van der Waals surface area contributed by atoms with Crippen LogP contribution in [-0.2, 0) is 6.61 Å². The molecule has 88 valence electrons. The molecule has 4 N–H and O–H groups in total. The van der Waals surface area contributed by atoms with Gasteiger partial charge >= 0.3 is 0 Å². The van der Waals surface area contributed by atoms with Gasteiger partial charge in [0.15, 0.2) is 5.75 Å². The molecule has 0 radical (unpaired) electrons. The summed E-state index contributed by atoms with van der Waals surface area (Å²) in [4.78, 5) is 8.25. The number of rotatable bonds is 3. The van der Waals surface area contributed by atoms with E-state index in [1.54, 1.807) is 6.07 Å². The topological polar surface area (TPSA) is 87.0 Å². The van der Waals surface area contributed by atoms with Gasteiger partial charge in [0.1, 0.15) is 12.4 Å². The van der Waals surface area contributed by atoms with Gasteiger partial charge in [0, 0.05) is 11.8 Å². The number of pyridine rings is 2. The van der Waals surface area contributed by atoms with Crippen molar-refractivity contribution in [3.05, 3.63) is 41.9 Å². The zero-order valence-corrected chi connectivity index (χ0v) is 9.55. The van der Waals surface area contributed by atoms with E-state index >= 15 is 0 Å². The van der Waals surface area contributed by atoms with Crippen molar-refractivity contribution >= 4 is 11.5 Å². The molecule has 0 fully saturated rings. The highest BCUT2D eigenvalue weighted by molar-refractivity contribution is 5.56. The third-order valence-electron chi connectivity index (χ3n) is 2.24. The summed E-state index contributed by atoms with van der Waals surface area (Å²) >= 11 is 0. The van der Waals surface area contributed by atoms with Crippen LogP contribution in [0.4, 0.5) is 11.5 Å². The standard InChI is InChI=1S/C12H14N4O/c1-8-3-2-4-9(16-8)7-17-11-6-15-12(14)5-10(11)13/h2-6H,7H2,1H3,(H4,13,14,15). The molecule has 2 aromatic rings. The smallest absolute Gasteiger partial charge is 0.161 e. The molecule has 0 aliphatic rings. The third kappa shape index (κ3) is 2.84. The van der Waals surface area contributed by atoms with E-state index in [2.05, 4.69) is 9.97 Å². The van der Waals surface area contributed by atoms with Gasteiger partial charge in [-0.3, -0.25) is 4.98 Å².